The second kappa shape index (κ2) is 8.47. The first-order valence-corrected chi connectivity index (χ1v) is 9.17. The summed E-state index contributed by atoms with van der Waals surface area (Å²) < 4.78 is 1.93. The van der Waals surface area contributed by atoms with Crippen LogP contribution in [0.4, 0.5) is 0 Å². The molecule has 0 atom stereocenters. The van der Waals surface area contributed by atoms with Gasteiger partial charge in [-0.2, -0.15) is 5.10 Å². The third-order valence-corrected chi connectivity index (χ3v) is 4.78. The van der Waals surface area contributed by atoms with E-state index < -0.39 is 5.97 Å². The minimum atomic E-state index is -0.806. The smallest absolute Gasteiger partial charge is 0.317 e. The molecule has 0 bridgehead atoms. The maximum absolute atomic E-state index is 12.6. The Balaban J connectivity index is 1.92. The van der Waals surface area contributed by atoms with Crippen LogP contribution in [0.3, 0.4) is 0 Å². The highest BCUT2D eigenvalue weighted by atomic mass is 16.4. The minimum absolute atomic E-state index is 0.0593. The lowest BCUT2D eigenvalue weighted by atomic mass is 9.85. The van der Waals surface area contributed by atoms with Gasteiger partial charge in [0.25, 0.3) is 5.91 Å². The number of nitrogens with one attached hydrogen (secondary N) is 1. The number of aromatic nitrogens is 2. The largest absolute Gasteiger partial charge is 0.480 e. The van der Waals surface area contributed by atoms with Crippen LogP contribution in [0.5, 0.6) is 0 Å². The molecule has 1 saturated carbocycles. The highest BCUT2D eigenvalue weighted by molar-refractivity contribution is 5.95. The van der Waals surface area contributed by atoms with Gasteiger partial charge in [-0.15, -0.1) is 0 Å². The molecule has 1 aromatic heterocycles. The van der Waals surface area contributed by atoms with Crippen molar-refractivity contribution in [1.82, 2.24) is 20.0 Å². The highest BCUT2D eigenvalue weighted by Gasteiger charge is 2.35. The van der Waals surface area contributed by atoms with Crippen molar-refractivity contribution in [3.63, 3.8) is 0 Å². The van der Waals surface area contributed by atoms with Crippen LogP contribution in [0.15, 0.2) is 6.20 Å². The first kappa shape index (κ1) is 19.4. The van der Waals surface area contributed by atoms with Crippen LogP contribution in [0.25, 0.3) is 0 Å². The molecule has 1 heterocycles. The number of carboxylic acid groups (broad SMARTS) is 1. The van der Waals surface area contributed by atoms with E-state index in [0.717, 1.165) is 31.5 Å². The Labute approximate surface area is 149 Å². The topological polar surface area (TPSA) is 87.5 Å². The van der Waals surface area contributed by atoms with Crippen molar-refractivity contribution in [2.24, 2.45) is 5.92 Å². The number of hydrogen-bond donors (Lipinski definition) is 2. The third kappa shape index (κ3) is 4.81. The predicted octanol–water partition coefficient (Wildman–Crippen LogP) is 1.77. The van der Waals surface area contributed by atoms with Gasteiger partial charge in [-0.3, -0.25) is 19.2 Å². The Morgan fingerprint density at radius 3 is 2.60 bits per heavy atom. The van der Waals surface area contributed by atoms with Crippen molar-refractivity contribution in [1.29, 1.82) is 0 Å². The van der Waals surface area contributed by atoms with Gasteiger partial charge in [-0.1, -0.05) is 27.7 Å². The Morgan fingerprint density at radius 2 is 2.08 bits per heavy atom. The van der Waals surface area contributed by atoms with E-state index in [4.69, 9.17) is 5.11 Å². The molecule has 0 unspecified atom stereocenters. The van der Waals surface area contributed by atoms with Crippen LogP contribution < -0.4 is 5.32 Å². The van der Waals surface area contributed by atoms with Crippen LogP contribution in [0.1, 0.15) is 56.6 Å². The number of nitrogens with zero attached hydrogens (tertiary/aromatic N) is 3. The zero-order valence-electron chi connectivity index (χ0n) is 15.7. The van der Waals surface area contributed by atoms with Gasteiger partial charge in [0.15, 0.2) is 0 Å². The zero-order chi connectivity index (χ0) is 18.6. The molecule has 7 nitrogen and oxygen atoms in total. The fourth-order valence-electron chi connectivity index (χ4n) is 3.42. The second-order valence-electron chi connectivity index (χ2n) is 7.19. The lowest BCUT2D eigenvalue weighted by molar-refractivity contribution is -0.139. The van der Waals surface area contributed by atoms with Gasteiger partial charge < -0.3 is 10.4 Å². The van der Waals surface area contributed by atoms with Gasteiger partial charge in [-0.05, 0) is 31.7 Å². The standard InChI is InChI=1S/C18H30N4O3/c1-5-16-15(9-19-22(16)10-12(3)4)18(25)20-13-7-14(8-13)21(6-2)11-17(23)24/h9,12-14H,5-8,10-11H2,1-4H3,(H,20,25)(H,23,24). The van der Waals surface area contributed by atoms with Crippen LogP contribution in [-0.4, -0.2) is 56.8 Å². The molecule has 140 valence electrons. The molecule has 0 spiro atoms. The zero-order valence-corrected chi connectivity index (χ0v) is 15.7. The Hall–Kier alpha value is -1.89. The summed E-state index contributed by atoms with van der Waals surface area (Å²) in [4.78, 5) is 25.4. The summed E-state index contributed by atoms with van der Waals surface area (Å²) in [5.41, 5.74) is 1.63. The molecule has 1 aromatic rings. The molecule has 1 aliphatic carbocycles. The molecular weight excluding hydrogens is 320 g/mol. The number of aliphatic carboxylic acids is 1. The van der Waals surface area contributed by atoms with Gasteiger partial charge in [0.1, 0.15) is 0 Å². The van der Waals surface area contributed by atoms with Gasteiger partial charge in [0.05, 0.1) is 24.0 Å². The van der Waals surface area contributed by atoms with Crippen molar-refractivity contribution in [2.75, 3.05) is 13.1 Å². The van der Waals surface area contributed by atoms with Crippen molar-refractivity contribution in [3.8, 4) is 0 Å². The number of carbonyl (C=O) groups excluding carboxylic acids is 1. The summed E-state index contributed by atoms with van der Waals surface area (Å²) in [5, 5.41) is 16.4. The van der Waals surface area contributed by atoms with E-state index >= 15 is 0 Å². The van der Waals surface area contributed by atoms with Crippen LogP contribution in [-0.2, 0) is 17.8 Å². The lowest BCUT2D eigenvalue weighted by Gasteiger charge is -2.42. The molecule has 1 amide bonds. The van der Waals surface area contributed by atoms with Crippen molar-refractivity contribution in [2.45, 2.75) is 65.6 Å². The molecule has 2 N–H and O–H groups in total. The molecule has 0 aromatic carbocycles. The minimum Gasteiger partial charge on any atom is -0.480 e. The third-order valence-electron chi connectivity index (χ3n) is 4.78. The molecule has 0 aliphatic heterocycles. The van der Waals surface area contributed by atoms with E-state index in [9.17, 15) is 9.59 Å². The maximum Gasteiger partial charge on any atom is 0.317 e. The average Bonchev–Trinajstić information content (AvgIpc) is 2.89. The van der Waals surface area contributed by atoms with E-state index in [1.165, 1.54) is 0 Å². The molecule has 2 rings (SSSR count). The molecule has 0 radical (unpaired) electrons. The Kier molecular flexibility index (Phi) is 6.58. The molecule has 0 saturated heterocycles. The molecular formula is C18H30N4O3. The van der Waals surface area contributed by atoms with Crippen molar-refractivity contribution >= 4 is 11.9 Å². The normalized spacial score (nSPS) is 19.9. The summed E-state index contributed by atoms with van der Waals surface area (Å²) in [5.74, 6) is -0.404. The Bertz CT molecular complexity index is 605. The lowest BCUT2D eigenvalue weighted by Crippen LogP contribution is -2.54. The number of hydrogen-bond acceptors (Lipinski definition) is 4. The first-order valence-electron chi connectivity index (χ1n) is 9.17. The summed E-state index contributed by atoms with van der Waals surface area (Å²) in [7, 11) is 0. The molecule has 1 fully saturated rings. The average molecular weight is 350 g/mol. The van der Waals surface area contributed by atoms with E-state index in [-0.39, 0.29) is 24.5 Å². The van der Waals surface area contributed by atoms with Crippen molar-refractivity contribution in [3.05, 3.63) is 17.5 Å². The number of rotatable bonds is 9. The second-order valence-corrected chi connectivity index (χ2v) is 7.19. The van der Waals surface area contributed by atoms with Crippen molar-refractivity contribution < 1.29 is 14.7 Å². The first-order chi connectivity index (χ1) is 11.8. The summed E-state index contributed by atoms with van der Waals surface area (Å²) >= 11 is 0. The molecule has 1 aliphatic rings. The summed E-state index contributed by atoms with van der Waals surface area (Å²) in [6.45, 7) is 9.84. The number of carbonyl (C=O) groups is 2. The number of carboxylic acids is 1. The number of likely N-dealkylation sites (N-methyl/N-ethyl adjacent to an activating group) is 1. The van der Waals surface area contributed by atoms with Gasteiger partial charge in [-0.25, -0.2) is 0 Å². The Morgan fingerprint density at radius 1 is 1.40 bits per heavy atom. The van der Waals surface area contributed by atoms with E-state index in [1.807, 2.05) is 23.4 Å². The maximum atomic E-state index is 12.6. The predicted molar refractivity (Wildman–Crippen MR) is 95.6 cm³/mol. The highest BCUT2D eigenvalue weighted by Crippen LogP contribution is 2.26. The van der Waals surface area contributed by atoms with Gasteiger partial charge >= 0.3 is 5.97 Å². The van der Waals surface area contributed by atoms with Gasteiger partial charge in [0, 0.05) is 18.6 Å². The fourth-order valence-corrected chi connectivity index (χ4v) is 3.42. The quantitative estimate of drug-likeness (QED) is 0.709. The summed E-state index contributed by atoms with van der Waals surface area (Å²) in [6, 6.07) is 0.346. The van der Waals surface area contributed by atoms with E-state index in [2.05, 4.69) is 24.3 Å². The van der Waals surface area contributed by atoms with E-state index in [1.54, 1.807) is 6.20 Å². The van der Waals surface area contributed by atoms with Gasteiger partial charge in [0.2, 0.25) is 0 Å². The molecule has 25 heavy (non-hydrogen) atoms. The summed E-state index contributed by atoms with van der Waals surface area (Å²) in [6.07, 6.45) is 4.03. The van der Waals surface area contributed by atoms with Crippen LogP contribution in [0.2, 0.25) is 0 Å². The van der Waals surface area contributed by atoms with E-state index in [0.29, 0.717) is 18.0 Å². The van der Waals surface area contributed by atoms with Crippen LogP contribution >= 0.6 is 0 Å². The number of amides is 1. The van der Waals surface area contributed by atoms with Crippen LogP contribution in [0, 0.1) is 5.92 Å². The SMILES string of the molecule is CCc1c(C(=O)NC2CC(N(CC)CC(=O)O)C2)cnn1CC(C)C. The molecule has 7 heteroatoms. The monoisotopic (exact) mass is 350 g/mol. The fraction of sp³-hybridized carbons (Fsp3) is 0.722.